The van der Waals surface area contributed by atoms with Gasteiger partial charge in [0.1, 0.15) is 11.4 Å². The van der Waals surface area contributed by atoms with Gasteiger partial charge in [-0.15, -0.1) is 11.6 Å². The van der Waals surface area contributed by atoms with Crippen LogP contribution in [0, 0.1) is 6.92 Å². The Bertz CT molecular complexity index is 701. The number of benzene rings is 1. The quantitative estimate of drug-likeness (QED) is 0.528. The molecule has 0 aliphatic carbocycles. The maximum atomic E-state index is 12.9. The van der Waals surface area contributed by atoms with Gasteiger partial charge in [-0.1, -0.05) is 0 Å². The zero-order valence-corrected chi connectivity index (χ0v) is 17.7. The molecule has 8 heteroatoms. The Kier molecular flexibility index (Phi) is 6.70. The highest BCUT2D eigenvalue weighted by Crippen LogP contribution is 2.55. The first-order valence-electron chi connectivity index (χ1n) is 8.66. The second-order valence-electron chi connectivity index (χ2n) is 7.28. The maximum Gasteiger partial charge on any atom is 0.414 e. The lowest BCUT2D eigenvalue weighted by Gasteiger charge is -2.27. The van der Waals surface area contributed by atoms with E-state index < -0.39 is 11.7 Å². The minimum absolute atomic E-state index is 0.0377. The van der Waals surface area contributed by atoms with Crippen molar-refractivity contribution in [1.29, 1.82) is 0 Å². The van der Waals surface area contributed by atoms with Crippen LogP contribution in [0.2, 0.25) is 0 Å². The van der Waals surface area contributed by atoms with Gasteiger partial charge in [0.15, 0.2) is 18.3 Å². The second-order valence-corrected chi connectivity index (χ2v) is 7.58. The summed E-state index contributed by atoms with van der Waals surface area (Å²) >= 11 is 6.23. The van der Waals surface area contributed by atoms with Crippen molar-refractivity contribution < 1.29 is 28.5 Å². The molecule has 0 aromatic heterocycles. The van der Waals surface area contributed by atoms with Gasteiger partial charge in [-0.05, 0) is 27.7 Å². The van der Waals surface area contributed by atoms with Gasteiger partial charge in [-0.2, -0.15) is 0 Å². The first-order valence-corrected chi connectivity index (χ1v) is 9.20. The van der Waals surface area contributed by atoms with Crippen LogP contribution < -0.4 is 19.1 Å². The number of alkyl halides is 1. The van der Waals surface area contributed by atoms with Crippen LogP contribution in [0.3, 0.4) is 0 Å². The molecule has 0 fully saturated rings. The highest BCUT2D eigenvalue weighted by atomic mass is 35.5. The Morgan fingerprint density at radius 2 is 1.78 bits per heavy atom. The molecule has 1 atom stereocenters. The van der Waals surface area contributed by atoms with Crippen LogP contribution in [-0.4, -0.2) is 52.2 Å². The average Bonchev–Trinajstić information content (AvgIpc) is 2.97. The Morgan fingerprint density at radius 3 is 2.26 bits per heavy atom. The van der Waals surface area contributed by atoms with Crippen LogP contribution in [0.1, 0.15) is 37.8 Å². The number of carbonyl (C=O) groups excluding carboxylic acids is 1. The van der Waals surface area contributed by atoms with Gasteiger partial charge in [0.2, 0.25) is 0 Å². The molecule has 152 valence electrons. The summed E-state index contributed by atoms with van der Waals surface area (Å²) in [6.45, 7) is 7.72. The van der Waals surface area contributed by atoms with Crippen molar-refractivity contribution in [2.24, 2.45) is 0 Å². The number of anilines is 1. The van der Waals surface area contributed by atoms with Crippen molar-refractivity contribution >= 4 is 23.4 Å². The van der Waals surface area contributed by atoms with Crippen molar-refractivity contribution in [3.63, 3.8) is 0 Å². The minimum Gasteiger partial charge on any atom is -0.494 e. The molecule has 0 saturated carbocycles. The average molecular weight is 402 g/mol. The Hall–Kier alpha value is -1.86. The van der Waals surface area contributed by atoms with E-state index in [1.165, 1.54) is 7.11 Å². The summed E-state index contributed by atoms with van der Waals surface area (Å²) in [5.74, 6) is 1.70. The monoisotopic (exact) mass is 401 g/mol. The highest BCUT2D eigenvalue weighted by molar-refractivity contribution is 6.18. The third kappa shape index (κ3) is 4.19. The molecule has 2 rings (SSSR count). The fourth-order valence-corrected chi connectivity index (χ4v) is 3.47. The highest BCUT2D eigenvalue weighted by Gasteiger charge is 2.42. The molecule has 27 heavy (non-hydrogen) atoms. The molecule has 0 N–H and O–H groups in total. The summed E-state index contributed by atoms with van der Waals surface area (Å²) in [5.41, 5.74) is 1.45. The Labute approximate surface area is 165 Å². The van der Waals surface area contributed by atoms with Gasteiger partial charge < -0.3 is 23.7 Å². The van der Waals surface area contributed by atoms with Crippen molar-refractivity contribution in [2.45, 2.75) is 39.2 Å². The molecule has 1 unspecified atom stereocenters. The third-order valence-corrected chi connectivity index (χ3v) is 4.59. The zero-order valence-electron chi connectivity index (χ0n) is 17.0. The predicted octanol–water partition coefficient (Wildman–Crippen LogP) is 4.07. The molecule has 0 spiro atoms. The number of hydrogen-bond donors (Lipinski definition) is 0. The van der Waals surface area contributed by atoms with Crippen molar-refractivity contribution in [3.05, 3.63) is 11.1 Å². The Balaban J connectivity index is 2.69. The van der Waals surface area contributed by atoms with Crippen LogP contribution in [0.15, 0.2) is 0 Å². The molecule has 1 aliphatic heterocycles. The number of hydrogen-bond acceptors (Lipinski definition) is 6. The van der Waals surface area contributed by atoms with E-state index in [1.807, 2.05) is 27.7 Å². The topological polar surface area (TPSA) is 66.5 Å². The standard InChI is InChI=1S/C19H28ClNO6/c1-11-15(24-6)14-13(17(16(11)25-7)26-10-23-5)12(8-20)9-21(14)18(22)27-19(2,3)4/h12H,8-10H2,1-7H3. The third-order valence-electron chi connectivity index (χ3n) is 4.21. The number of ether oxygens (including phenoxy) is 5. The number of methoxy groups -OCH3 is 3. The second kappa shape index (κ2) is 8.44. The minimum atomic E-state index is -0.625. The van der Waals surface area contributed by atoms with Gasteiger partial charge in [0, 0.05) is 36.6 Å². The molecule has 1 amide bonds. The lowest BCUT2D eigenvalue weighted by molar-refractivity contribution is 0.0483. The summed E-state index contributed by atoms with van der Waals surface area (Å²) in [6.07, 6.45) is -0.461. The molecule has 0 bridgehead atoms. The van der Waals surface area contributed by atoms with Gasteiger partial charge >= 0.3 is 6.09 Å². The van der Waals surface area contributed by atoms with E-state index in [1.54, 1.807) is 19.1 Å². The zero-order chi connectivity index (χ0) is 20.4. The first-order chi connectivity index (χ1) is 12.7. The Morgan fingerprint density at radius 1 is 1.15 bits per heavy atom. The lowest BCUT2D eigenvalue weighted by atomic mass is 9.98. The molecule has 1 aromatic carbocycles. The molecule has 0 saturated heterocycles. The van der Waals surface area contributed by atoms with Gasteiger partial charge in [-0.3, -0.25) is 4.90 Å². The van der Waals surface area contributed by atoms with E-state index in [0.717, 1.165) is 5.56 Å². The maximum absolute atomic E-state index is 12.9. The SMILES string of the molecule is COCOc1c(OC)c(C)c(OC)c2c1C(CCl)CN2C(=O)OC(C)(C)C. The molecule has 0 radical (unpaired) electrons. The van der Waals surface area contributed by atoms with E-state index in [-0.39, 0.29) is 12.7 Å². The number of halogens is 1. The van der Waals surface area contributed by atoms with Crippen LogP contribution >= 0.6 is 11.6 Å². The number of nitrogens with zero attached hydrogens (tertiary/aromatic N) is 1. The normalized spacial score (nSPS) is 16.1. The van der Waals surface area contributed by atoms with E-state index in [9.17, 15) is 4.79 Å². The predicted molar refractivity (Wildman–Crippen MR) is 104 cm³/mol. The summed E-state index contributed by atoms with van der Waals surface area (Å²) in [6, 6.07) is 0. The molecule has 7 nitrogen and oxygen atoms in total. The number of carbonyl (C=O) groups is 1. The van der Waals surface area contributed by atoms with Crippen molar-refractivity contribution in [3.8, 4) is 17.2 Å². The number of fused-ring (bicyclic) bond motifs is 1. The molecule has 1 heterocycles. The van der Waals surface area contributed by atoms with E-state index in [0.29, 0.717) is 40.9 Å². The van der Waals surface area contributed by atoms with Gasteiger partial charge in [0.05, 0.1) is 19.9 Å². The van der Waals surface area contributed by atoms with Gasteiger partial charge in [-0.25, -0.2) is 4.79 Å². The van der Waals surface area contributed by atoms with Crippen LogP contribution in [-0.2, 0) is 9.47 Å². The van der Waals surface area contributed by atoms with Gasteiger partial charge in [0.25, 0.3) is 0 Å². The van der Waals surface area contributed by atoms with Crippen molar-refractivity contribution in [1.82, 2.24) is 0 Å². The summed E-state index contributed by atoms with van der Waals surface area (Å²) in [4.78, 5) is 14.4. The largest absolute Gasteiger partial charge is 0.494 e. The number of amides is 1. The fraction of sp³-hybridized carbons (Fsp3) is 0.632. The van der Waals surface area contributed by atoms with Crippen molar-refractivity contribution in [2.75, 3.05) is 45.4 Å². The van der Waals surface area contributed by atoms with Crippen LogP contribution in [0.25, 0.3) is 0 Å². The first kappa shape index (κ1) is 21.4. The molecular formula is C19H28ClNO6. The summed E-state index contributed by atoms with van der Waals surface area (Å²) in [5, 5.41) is 0. The summed E-state index contributed by atoms with van der Waals surface area (Å²) < 4.78 is 27.7. The van der Waals surface area contributed by atoms with E-state index >= 15 is 0 Å². The molecular weight excluding hydrogens is 374 g/mol. The van der Waals surface area contributed by atoms with E-state index in [4.69, 9.17) is 35.3 Å². The molecule has 1 aromatic rings. The van der Waals surface area contributed by atoms with Crippen LogP contribution in [0.4, 0.5) is 10.5 Å². The number of rotatable bonds is 6. The summed E-state index contributed by atoms with van der Waals surface area (Å²) in [7, 11) is 4.65. The smallest absolute Gasteiger partial charge is 0.414 e. The lowest BCUT2D eigenvalue weighted by Crippen LogP contribution is -2.36. The van der Waals surface area contributed by atoms with Crippen LogP contribution in [0.5, 0.6) is 17.2 Å². The van der Waals surface area contributed by atoms with E-state index in [2.05, 4.69) is 0 Å². The molecule has 1 aliphatic rings. The fourth-order valence-electron chi connectivity index (χ4n) is 3.22.